The molecule has 0 atom stereocenters. The Morgan fingerprint density at radius 3 is 2.48 bits per heavy atom. The van der Waals surface area contributed by atoms with Crippen molar-refractivity contribution in [1.82, 2.24) is 15.0 Å². The Bertz CT molecular complexity index is 1190. The second-order valence-electron chi connectivity index (χ2n) is 7.81. The smallest absolute Gasteiger partial charge is 0.348 e. The Morgan fingerprint density at radius 1 is 1.06 bits per heavy atom. The van der Waals surface area contributed by atoms with E-state index < -0.39 is 0 Å². The predicted octanol–water partition coefficient (Wildman–Crippen LogP) is 5.54. The van der Waals surface area contributed by atoms with Crippen LogP contribution in [0.1, 0.15) is 40.2 Å². The number of carbonyl (C=O) groups excluding carboxylic acids is 1. The van der Waals surface area contributed by atoms with E-state index in [1.807, 2.05) is 57.4 Å². The number of carbonyl (C=O) groups is 1. The van der Waals surface area contributed by atoms with Gasteiger partial charge in [-0.15, -0.1) is 11.3 Å². The summed E-state index contributed by atoms with van der Waals surface area (Å²) in [6.07, 6.45) is 5.98. The van der Waals surface area contributed by atoms with E-state index in [0.717, 1.165) is 27.9 Å². The minimum atomic E-state index is -0.305. The summed E-state index contributed by atoms with van der Waals surface area (Å²) in [5.74, 6) is 0.668. The van der Waals surface area contributed by atoms with Crippen molar-refractivity contribution in [3.63, 3.8) is 0 Å². The van der Waals surface area contributed by atoms with Crippen molar-refractivity contribution in [3.05, 3.63) is 76.7 Å². The van der Waals surface area contributed by atoms with Crippen LogP contribution in [0, 0.1) is 12.8 Å². The summed E-state index contributed by atoms with van der Waals surface area (Å²) in [6, 6.07) is 12.3. The van der Waals surface area contributed by atoms with Crippen molar-refractivity contribution in [2.75, 3.05) is 11.9 Å². The normalized spacial score (nSPS) is 11.1. The molecule has 3 heterocycles. The molecule has 0 unspecified atom stereocenters. The van der Waals surface area contributed by atoms with Gasteiger partial charge in [0.2, 0.25) is 0 Å². The standard InChI is InChI=1S/C24H24N4O2S/c1-15(2)13-30-24(29)21-16(3)20-22(26-14-27-23(20)31-21)28-19-6-4-17(5-7-19)12-18-8-10-25-11-9-18/h4-11,14-15H,12-13H2,1-3H3,(H,26,27,28). The van der Waals surface area contributed by atoms with E-state index in [2.05, 4.69) is 32.4 Å². The molecule has 0 amide bonds. The molecule has 0 saturated carbocycles. The van der Waals surface area contributed by atoms with Crippen molar-refractivity contribution >= 4 is 39.0 Å². The van der Waals surface area contributed by atoms with Crippen molar-refractivity contribution in [1.29, 1.82) is 0 Å². The second kappa shape index (κ2) is 9.22. The molecule has 4 rings (SSSR count). The largest absolute Gasteiger partial charge is 0.461 e. The molecule has 0 bridgehead atoms. The molecule has 0 spiro atoms. The van der Waals surface area contributed by atoms with E-state index in [-0.39, 0.29) is 11.9 Å². The van der Waals surface area contributed by atoms with Gasteiger partial charge in [0, 0.05) is 18.1 Å². The summed E-state index contributed by atoms with van der Waals surface area (Å²) in [4.78, 5) is 26.7. The molecule has 31 heavy (non-hydrogen) atoms. The fraction of sp³-hybridized carbons (Fsp3) is 0.250. The molecule has 1 N–H and O–H groups in total. The number of nitrogens with zero attached hydrogens (tertiary/aromatic N) is 3. The lowest BCUT2D eigenvalue weighted by Crippen LogP contribution is -2.09. The van der Waals surface area contributed by atoms with E-state index in [1.54, 1.807) is 0 Å². The van der Waals surface area contributed by atoms with E-state index in [1.165, 1.54) is 28.8 Å². The number of pyridine rings is 1. The van der Waals surface area contributed by atoms with E-state index >= 15 is 0 Å². The number of nitrogens with one attached hydrogen (secondary N) is 1. The topological polar surface area (TPSA) is 77.0 Å². The van der Waals surface area contributed by atoms with Crippen LogP contribution in [0.3, 0.4) is 0 Å². The highest BCUT2D eigenvalue weighted by atomic mass is 32.1. The van der Waals surface area contributed by atoms with Crippen molar-refractivity contribution < 1.29 is 9.53 Å². The molecule has 0 aliphatic heterocycles. The highest BCUT2D eigenvalue weighted by Gasteiger charge is 2.20. The minimum Gasteiger partial charge on any atom is -0.461 e. The number of rotatable bonds is 7. The van der Waals surface area contributed by atoms with Crippen LogP contribution >= 0.6 is 11.3 Å². The predicted molar refractivity (Wildman–Crippen MR) is 124 cm³/mol. The van der Waals surface area contributed by atoms with Crippen molar-refractivity contribution in [3.8, 4) is 0 Å². The maximum atomic E-state index is 12.5. The first-order valence-electron chi connectivity index (χ1n) is 10.2. The fourth-order valence-corrected chi connectivity index (χ4v) is 4.29. The summed E-state index contributed by atoms with van der Waals surface area (Å²) < 4.78 is 5.42. The van der Waals surface area contributed by atoms with Gasteiger partial charge in [-0.05, 0) is 60.2 Å². The maximum absolute atomic E-state index is 12.5. The first-order valence-corrected chi connectivity index (χ1v) is 11.0. The Morgan fingerprint density at radius 2 is 1.77 bits per heavy atom. The lowest BCUT2D eigenvalue weighted by molar-refractivity contribution is 0.0464. The summed E-state index contributed by atoms with van der Waals surface area (Å²) in [5.41, 5.74) is 4.20. The highest BCUT2D eigenvalue weighted by molar-refractivity contribution is 7.20. The van der Waals surface area contributed by atoms with Gasteiger partial charge < -0.3 is 10.1 Å². The number of aromatic nitrogens is 3. The van der Waals surface area contributed by atoms with Gasteiger partial charge in [0.25, 0.3) is 0 Å². The summed E-state index contributed by atoms with van der Waals surface area (Å²) in [5, 5.41) is 4.23. The van der Waals surface area contributed by atoms with Crippen LogP contribution in [-0.4, -0.2) is 27.5 Å². The number of hydrogen-bond donors (Lipinski definition) is 1. The molecule has 4 aromatic rings. The number of aryl methyl sites for hydroxylation is 1. The van der Waals surface area contributed by atoms with Gasteiger partial charge in [0.1, 0.15) is 21.9 Å². The van der Waals surface area contributed by atoms with Gasteiger partial charge in [0.05, 0.1) is 12.0 Å². The molecule has 6 nitrogen and oxygen atoms in total. The van der Waals surface area contributed by atoms with E-state index in [9.17, 15) is 4.79 Å². The van der Waals surface area contributed by atoms with Crippen molar-refractivity contribution in [2.45, 2.75) is 27.2 Å². The van der Waals surface area contributed by atoms with Gasteiger partial charge in [0.15, 0.2) is 0 Å². The van der Waals surface area contributed by atoms with Gasteiger partial charge in [-0.1, -0.05) is 26.0 Å². The number of anilines is 2. The third-order valence-electron chi connectivity index (χ3n) is 4.83. The van der Waals surface area contributed by atoms with Crippen LogP contribution in [0.25, 0.3) is 10.2 Å². The lowest BCUT2D eigenvalue weighted by atomic mass is 10.1. The SMILES string of the molecule is Cc1c(C(=O)OCC(C)C)sc2ncnc(Nc3ccc(Cc4ccncc4)cc3)c12. The number of benzene rings is 1. The van der Waals surface area contributed by atoms with Crippen molar-refractivity contribution in [2.24, 2.45) is 5.92 Å². The first-order chi connectivity index (χ1) is 15.0. The van der Waals surface area contributed by atoms with Crippen LogP contribution in [0.5, 0.6) is 0 Å². The molecule has 158 valence electrons. The number of ether oxygens (including phenoxy) is 1. The Labute approximate surface area is 185 Å². The van der Waals surface area contributed by atoms with Crippen LogP contribution in [0.2, 0.25) is 0 Å². The number of fused-ring (bicyclic) bond motifs is 1. The molecular weight excluding hydrogens is 408 g/mol. The molecular formula is C24H24N4O2S. The Kier molecular flexibility index (Phi) is 6.23. The molecule has 0 radical (unpaired) electrons. The van der Waals surface area contributed by atoms with E-state index in [0.29, 0.717) is 17.3 Å². The van der Waals surface area contributed by atoms with Gasteiger partial charge in [-0.2, -0.15) is 0 Å². The van der Waals surface area contributed by atoms with Crippen LogP contribution in [-0.2, 0) is 11.2 Å². The van der Waals surface area contributed by atoms with Crippen LogP contribution in [0.4, 0.5) is 11.5 Å². The molecule has 0 fully saturated rings. The van der Waals surface area contributed by atoms with Crippen LogP contribution in [0.15, 0.2) is 55.1 Å². The molecule has 7 heteroatoms. The Hall–Kier alpha value is -3.32. The minimum absolute atomic E-state index is 0.289. The fourth-order valence-electron chi connectivity index (χ4n) is 3.25. The van der Waals surface area contributed by atoms with E-state index in [4.69, 9.17) is 4.74 Å². The monoisotopic (exact) mass is 432 g/mol. The molecule has 0 saturated heterocycles. The zero-order valence-electron chi connectivity index (χ0n) is 17.8. The third-order valence-corrected chi connectivity index (χ3v) is 6.01. The summed E-state index contributed by atoms with van der Waals surface area (Å²) >= 11 is 1.34. The zero-order chi connectivity index (χ0) is 21.8. The number of thiophene rings is 1. The molecule has 0 aliphatic carbocycles. The third kappa shape index (κ3) is 4.88. The second-order valence-corrected chi connectivity index (χ2v) is 8.80. The first kappa shape index (κ1) is 20.9. The average molecular weight is 433 g/mol. The highest BCUT2D eigenvalue weighted by Crippen LogP contribution is 2.35. The summed E-state index contributed by atoms with van der Waals surface area (Å²) in [6.45, 7) is 6.34. The number of hydrogen-bond acceptors (Lipinski definition) is 7. The van der Waals surface area contributed by atoms with Gasteiger partial charge >= 0.3 is 5.97 Å². The van der Waals surface area contributed by atoms with Gasteiger partial charge in [-0.3, -0.25) is 4.98 Å². The summed E-state index contributed by atoms with van der Waals surface area (Å²) in [7, 11) is 0. The number of esters is 1. The average Bonchev–Trinajstić information content (AvgIpc) is 3.12. The quantitative estimate of drug-likeness (QED) is 0.386. The maximum Gasteiger partial charge on any atom is 0.348 e. The zero-order valence-corrected chi connectivity index (χ0v) is 18.6. The lowest BCUT2D eigenvalue weighted by Gasteiger charge is -2.09. The van der Waals surface area contributed by atoms with Crippen LogP contribution < -0.4 is 5.32 Å². The van der Waals surface area contributed by atoms with Gasteiger partial charge in [-0.25, -0.2) is 14.8 Å². The molecule has 1 aromatic carbocycles. The molecule has 0 aliphatic rings. The molecule has 3 aromatic heterocycles. The Balaban J connectivity index is 1.55.